The highest BCUT2D eigenvalue weighted by Crippen LogP contribution is 2.19. The third-order valence-electron chi connectivity index (χ3n) is 3.32. The predicted molar refractivity (Wildman–Crippen MR) is 81.2 cm³/mol. The number of anilines is 1. The van der Waals surface area contributed by atoms with Crippen LogP contribution in [0.4, 0.5) is 5.95 Å². The van der Waals surface area contributed by atoms with Gasteiger partial charge in [0, 0.05) is 38.1 Å². The lowest BCUT2D eigenvalue weighted by molar-refractivity contribution is 0.418. The van der Waals surface area contributed by atoms with E-state index in [4.69, 9.17) is 11.6 Å². The molecule has 0 spiro atoms. The van der Waals surface area contributed by atoms with Gasteiger partial charge < -0.3 is 10.2 Å². The van der Waals surface area contributed by atoms with Crippen LogP contribution in [0.3, 0.4) is 0 Å². The molecule has 1 N–H and O–H groups in total. The standard InChI is InChI=1S/C13H16ClN5S/c14-11-7-18-12(20-11)8-17-10-3-1-6-19(9-10)13-15-4-2-5-16-13/h2,4-5,7,10,17H,1,3,6,8-9H2. The van der Waals surface area contributed by atoms with E-state index < -0.39 is 0 Å². The van der Waals surface area contributed by atoms with E-state index in [0.29, 0.717) is 6.04 Å². The minimum absolute atomic E-state index is 0.440. The fourth-order valence-corrected chi connectivity index (χ4v) is 3.29. The van der Waals surface area contributed by atoms with E-state index in [9.17, 15) is 0 Å². The molecule has 3 heterocycles. The number of hydrogen-bond acceptors (Lipinski definition) is 6. The van der Waals surface area contributed by atoms with Crippen molar-refractivity contribution in [2.24, 2.45) is 0 Å². The van der Waals surface area contributed by atoms with E-state index in [-0.39, 0.29) is 0 Å². The first-order valence-corrected chi connectivity index (χ1v) is 7.86. The first-order chi connectivity index (χ1) is 9.81. The summed E-state index contributed by atoms with van der Waals surface area (Å²) in [6.45, 7) is 2.72. The zero-order chi connectivity index (χ0) is 13.8. The third-order valence-corrected chi connectivity index (χ3v) is 4.44. The Bertz CT molecular complexity index is 547. The van der Waals surface area contributed by atoms with Gasteiger partial charge in [-0.05, 0) is 18.9 Å². The van der Waals surface area contributed by atoms with Crippen molar-refractivity contribution < 1.29 is 0 Å². The second-order valence-corrected chi connectivity index (χ2v) is 6.52. The van der Waals surface area contributed by atoms with Crippen molar-refractivity contribution in [1.82, 2.24) is 20.3 Å². The van der Waals surface area contributed by atoms with Crippen LogP contribution in [-0.4, -0.2) is 34.1 Å². The normalized spacial score (nSPS) is 19.2. The first-order valence-electron chi connectivity index (χ1n) is 6.67. The Morgan fingerprint density at radius 2 is 2.20 bits per heavy atom. The summed E-state index contributed by atoms with van der Waals surface area (Å²) in [4.78, 5) is 15.1. The minimum Gasteiger partial charge on any atom is -0.339 e. The highest BCUT2D eigenvalue weighted by Gasteiger charge is 2.21. The molecule has 0 bridgehead atoms. The van der Waals surface area contributed by atoms with E-state index >= 15 is 0 Å². The molecule has 3 rings (SSSR count). The summed E-state index contributed by atoms with van der Waals surface area (Å²) in [5.41, 5.74) is 0. The van der Waals surface area contributed by atoms with E-state index in [1.54, 1.807) is 18.6 Å². The van der Waals surface area contributed by atoms with Gasteiger partial charge in [0.15, 0.2) is 0 Å². The minimum atomic E-state index is 0.440. The Morgan fingerprint density at radius 1 is 1.35 bits per heavy atom. The molecular weight excluding hydrogens is 294 g/mol. The van der Waals surface area contributed by atoms with Crippen LogP contribution in [0.25, 0.3) is 0 Å². The monoisotopic (exact) mass is 309 g/mol. The summed E-state index contributed by atoms with van der Waals surface area (Å²) in [6.07, 6.45) is 7.60. The van der Waals surface area contributed by atoms with Crippen molar-refractivity contribution in [3.05, 3.63) is 34.0 Å². The van der Waals surface area contributed by atoms with Crippen LogP contribution in [0.15, 0.2) is 24.7 Å². The lowest BCUT2D eigenvalue weighted by atomic mass is 10.1. The first kappa shape index (κ1) is 13.7. The number of aromatic nitrogens is 3. The number of piperidine rings is 1. The molecule has 1 aliphatic heterocycles. The van der Waals surface area contributed by atoms with Crippen LogP contribution in [0, 0.1) is 0 Å². The van der Waals surface area contributed by atoms with Gasteiger partial charge in [-0.1, -0.05) is 11.6 Å². The molecule has 0 amide bonds. The molecule has 1 atom stereocenters. The quantitative estimate of drug-likeness (QED) is 0.939. The molecular formula is C13H16ClN5S. The van der Waals surface area contributed by atoms with Crippen molar-refractivity contribution >= 4 is 28.9 Å². The van der Waals surface area contributed by atoms with Crippen LogP contribution in [0.5, 0.6) is 0 Å². The molecule has 7 heteroatoms. The van der Waals surface area contributed by atoms with Gasteiger partial charge in [-0.15, -0.1) is 11.3 Å². The van der Waals surface area contributed by atoms with Crippen LogP contribution in [0.1, 0.15) is 17.8 Å². The topological polar surface area (TPSA) is 53.9 Å². The highest BCUT2D eigenvalue weighted by atomic mass is 35.5. The molecule has 20 heavy (non-hydrogen) atoms. The van der Waals surface area contributed by atoms with Gasteiger partial charge in [0.25, 0.3) is 0 Å². The van der Waals surface area contributed by atoms with Gasteiger partial charge in [0.05, 0.1) is 6.20 Å². The van der Waals surface area contributed by atoms with Crippen molar-refractivity contribution in [3.63, 3.8) is 0 Å². The zero-order valence-electron chi connectivity index (χ0n) is 11.0. The van der Waals surface area contributed by atoms with Gasteiger partial charge in [-0.25, -0.2) is 15.0 Å². The second kappa shape index (κ2) is 6.47. The van der Waals surface area contributed by atoms with Gasteiger partial charge in [-0.2, -0.15) is 0 Å². The van der Waals surface area contributed by atoms with E-state index in [1.165, 1.54) is 17.8 Å². The maximum atomic E-state index is 5.89. The lowest BCUT2D eigenvalue weighted by Gasteiger charge is -2.33. The number of hydrogen-bond donors (Lipinski definition) is 1. The summed E-state index contributed by atoms with van der Waals surface area (Å²) >= 11 is 7.42. The molecule has 2 aromatic heterocycles. The molecule has 0 radical (unpaired) electrons. The van der Waals surface area contributed by atoms with Crippen LogP contribution in [0.2, 0.25) is 4.34 Å². The lowest BCUT2D eigenvalue weighted by Crippen LogP contribution is -2.46. The molecule has 106 valence electrons. The van der Waals surface area contributed by atoms with Crippen molar-refractivity contribution in [2.75, 3.05) is 18.0 Å². The van der Waals surface area contributed by atoms with Crippen molar-refractivity contribution in [1.29, 1.82) is 0 Å². The number of thiazole rings is 1. The predicted octanol–water partition coefficient (Wildman–Crippen LogP) is 2.35. The SMILES string of the molecule is Clc1cnc(CNC2CCCN(c3ncccn3)C2)s1. The second-order valence-electron chi connectivity index (χ2n) is 4.77. The summed E-state index contributed by atoms with van der Waals surface area (Å²) in [7, 11) is 0. The van der Waals surface area contributed by atoms with Crippen LogP contribution in [-0.2, 0) is 6.54 Å². The molecule has 1 unspecified atom stereocenters. The third kappa shape index (κ3) is 3.45. The fourth-order valence-electron chi connectivity index (χ4n) is 2.38. The summed E-state index contributed by atoms with van der Waals surface area (Å²) in [6, 6.07) is 2.28. The highest BCUT2D eigenvalue weighted by molar-refractivity contribution is 7.15. The number of nitrogens with one attached hydrogen (secondary N) is 1. The number of rotatable bonds is 4. The smallest absolute Gasteiger partial charge is 0.225 e. The Kier molecular flexibility index (Phi) is 4.44. The van der Waals surface area contributed by atoms with E-state index in [1.807, 2.05) is 6.07 Å². The van der Waals surface area contributed by atoms with Gasteiger partial charge in [0.1, 0.15) is 9.34 Å². The van der Waals surface area contributed by atoms with Crippen molar-refractivity contribution in [2.45, 2.75) is 25.4 Å². The van der Waals surface area contributed by atoms with E-state index in [0.717, 1.165) is 41.3 Å². The Labute approximate surface area is 127 Å². The molecule has 1 aliphatic rings. The molecule has 0 saturated carbocycles. The molecule has 1 fully saturated rings. The Balaban J connectivity index is 1.55. The summed E-state index contributed by atoms with van der Waals surface area (Å²) in [5, 5.41) is 4.57. The molecule has 5 nitrogen and oxygen atoms in total. The largest absolute Gasteiger partial charge is 0.339 e. The molecule has 0 aliphatic carbocycles. The molecule has 2 aromatic rings. The van der Waals surface area contributed by atoms with Crippen LogP contribution >= 0.6 is 22.9 Å². The summed E-state index contributed by atoms with van der Waals surface area (Å²) in [5.74, 6) is 0.816. The number of nitrogens with zero attached hydrogens (tertiary/aromatic N) is 4. The van der Waals surface area contributed by atoms with E-state index in [2.05, 4.69) is 25.2 Å². The Hall–Kier alpha value is -1.24. The maximum absolute atomic E-state index is 5.89. The molecule has 0 aromatic carbocycles. The Morgan fingerprint density at radius 3 is 2.95 bits per heavy atom. The average Bonchev–Trinajstić information content (AvgIpc) is 2.92. The maximum Gasteiger partial charge on any atom is 0.225 e. The van der Waals surface area contributed by atoms with Gasteiger partial charge >= 0.3 is 0 Å². The van der Waals surface area contributed by atoms with Gasteiger partial charge in [0.2, 0.25) is 5.95 Å². The zero-order valence-corrected chi connectivity index (χ0v) is 12.6. The van der Waals surface area contributed by atoms with Crippen LogP contribution < -0.4 is 10.2 Å². The van der Waals surface area contributed by atoms with Crippen molar-refractivity contribution in [3.8, 4) is 0 Å². The average molecular weight is 310 g/mol. The summed E-state index contributed by atoms with van der Waals surface area (Å²) < 4.78 is 0.741. The fraction of sp³-hybridized carbons (Fsp3) is 0.462. The van der Waals surface area contributed by atoms with Gasteiger partial charge in [-0.3, -0.25) is 0 Å². The number of halogens is 1. The molecule has 1 saturated heterocycles.